The third kappa shape index (κ3) is 3.08. The normalized spacial score (nSPS) is 21.0. The van der Waals surface area contributed by atoms with E-state index in [1.165, 1.54) is 11.8 Å². The van der Waals surface area contributed by atoms with E-state index in [0.29, 0.717) is 10.7 Å². The SMILES string of the molecule is N[C@@H]1C=C(C(=O)NCC(=O)O)SC1. The van der Waals surface area contributed by atoms with Crippen LogP contribution in [0, 0.1) is 0 Å². The molecule has 5 nitrogen and oxygen atoms in total. The second kappa shape index (κ2) is 4.29. The topological polar surface area (TPSA) is 92.4 Å². The highest BCUT2D eigenvalue weighted by atomic mass is 32.2. The molecule has 72 valence electrons. The summed E-state index contributed by atoms with van der Waals surface area (Å²) in [4.78, 5) is 21.8. The van der Waals surface area contributed by atoms with Gasteiger partial charge < -0.3 is 16.2 Å². The van der Waals surface area contributed by atoms with Gasteiger partial charge in [-0.15, -0.1) is 11.8 Å². The van der Waals surface area contributed by atoms with Crippen molar-refractivity contribution < 1.29 is 14.7 Å². The molecule has 1 aliphatic heterocycles. The van der Waals surface area contributed by atoms with Gasteiger partial charge in [-0.25, -0.2) is 0 Å². The molecule has 0 aromatic carbocycles. The van der Waals surface area contributed by atoms with E-state index >= 15 is 0 Å². The Morgan fingerprint density at radius 3 is 2.92 bits per heavy atom. The number of nitrogens with two attached hydrogens (primary N) is 1. The van der Waals surface area contributed by atoms with E-state index in [4.69, 9.17) is 10.8 Å². The molecule has 0 saturated heterocycles. The van der Waals surface area contributed by atoms with Crippen LogP contribution in [0.3, 0.4) is 0 Å². The van der Waals surface area contributed by atoms with Crippen molar-refractivity contribution in [3.8, 4) is 0 Å². The summed E-state index contributed by atoms with van der Waals surface area (Å²) in [5.41, 5.74) is 5.53. The van der Waals surface area contributed by atoms with E-state index in [1.54, 1.807) is 6.08 Å². The Labute approximate surface area is 79.4 Å². The van der Waals surface area contributed by atoms with Crippen molar-refractivity contribution in [2.45, 2.75) is 6.04 Å². The third-order valence-corrected chi connectivity index (χ3v) is 2.60. The Kier molecular flexibility index (Phi) is 3.32. The predicted molar refractivity (Wildman–Crippen MR) is 49.2 cm³/mol. The molecule has 0 aromatic heterocycles. The number of hydrogen-bond donors (Lipinski definition) is 3. The smallest absolute Gasteiger partial charge is 0.322 e. The lowest BCUT2D eigenvalue weighted by molar-refractivity contribution is -0.137. The molecule has 0 unspecified atom stereocenters. The summed E-state index contributed by atoms with van der Waals surface area (Å²) in [6.07, 6.45) is 1.64. The largest absolute Gasteiger partial charge is 0.480 e. The van der Waals surface area contributed by atoms with Gasteiger partial charge in [0.15, 0.2) is 0 Å². The number of carbonyl (C=O) groups is 2. The zero-order valence-electron chi connectivity index (χ0n) is 6.82. The van der Waals surface area contributed by atoms with Crippen molar-refractivity contribution in [2.75, 3.05) is 12.3 Å². The fraction of sp³-hybridized carbons (Fsp3) is 0.429. The zero-order chi connectivity index (χ0) is 9.84. The van der Waals surface area contributed by atoms with Crippen LogP contribution in [0.15, 0.2) is 11.0 Å². The van der Waals surface area contributed by atoms with Crippen LogP contribution in [0.2, 0.25) is 0 Å². The van der Waals surface area contributed by atoms with E-state index in [1.807, 2.05) is 0 Å². The first kappa shape index (κ1) is 10.1. The highest BCUT2D eigenvalue weighted by Gasteiger charge is 2.18. The summed E-state index contributed by atoms with van der Waals surface area (Å²) in [7, 11) is 0. The average Bonchev–Trinajstić information content (AvgIpc) is 2.47. The molecule has 1 aliphatic rings. The number of aliphatic carboxylic acids is 1. The number of thioether (sulfide) groups is 1. The molecular weight excluding hydrogens is 192 g/mol. The van der Waals surface area contributed by atoms with Crippen LogP contribution < -0.4 is 11.1 Å². The first-order valence-corrected chi connectivity index (χ1v) is 4.68. The van der Waals surface area contributed by atoms with Gasteiger partial charge in [0.1, 0.15) is 6.54 Å². The minimum Gasteiger partial charge on any atom is -0.480 e. The molecular formula is C7H10N2O3S. The number of amides is 1. The van der Waals surface area contributed by atoms with Gasteiger partial charge in [0.2, 0.25) is 0 Å². The monoisotopic (exact) mass is 202 g/mol. The first-order chi connectivity index (χ1) is 6.09. The van der Waals surface area contributed by atoms with Gasteiger partial charge in [-0.05, 0) is 6.08 Å². The minimum atomic E-state index is -1.05. The van der Waals surface area contributed by atoms with Crippen LogP contribution >= 0.6 is 11.8 Å². The molecule has 0 bridgehead atoms. The number of carboxylic acids is 1. The van der Waals surface area contributed by atoms with Crippen molar-refractivity contribution in [3.05, 3.63) is 11.0 Å². The standard InChI is InChI=1S/C7H10N2O3S/c8-4-1-5(13-3-4)7(12)9-2-6(10)11/h1,4H,2-3,8H2,(H,9,12)(H,10,11)/t4-/m1/s1. The van der Waals surface area contributed by atoms with Crippen LogP contribution in [-0.2, 0) is 9.59 Å². The highest BCUT2D eigenvalue weighted by molar-refractivity contribution is 8.04. The zero-order valence-corrected chi connectivity index (χ0v) is 7.63. The highest BCUT2D eigenvalue weighted by Crippen LogP contribution is 2.23. The Balaban J connectivity index is 2.40. The van der Waals surface area contributed by atoms with Crippen LogP contribution in [0.25, 0.3) is 0 Å². The molecule has 0 fully saturated rings. The van der Waals surface area contributed by atoms with Gasteiger partial charge in [-0.2, -0.15) is 0 Å². The molecule has 0 saturated carbocycles. The van der Waals surface area contributed by atoms with Gasteiger partial charge in [0.05, 0.1) is 4.91 Å². The van der Waals surface area contributed by atoms with Crippen molar-refractivity contribution in [1.82, 2.24) is 5.32 Å². The molecule has 1 rings (SSSR count). The summed E-state index contributed by atoms with van der Waals surface area (Å²) in [5, 5.41) is 10.6. The second-order valence-electron chi connectivity index (χ2n) is 2.58. The molecule has 0 radical (unpaired) electrons. The quantitative estimate of drug-likeness (QED) is 0.554. The van der Waals surface area contributed by atoms with Gasteiger partial charge in [0.25, 0.3) is 5.91 Å². The molecule has 0 aliphatic carbocycles. The van der Waals surface area contributed by atoms with Crippen molar-refractivity contribution >= 4 is 23.6 Å². The second-order valence-corrected chi connectivity index (χ2v) is 3.64. The van der Waals surface area contributed by atoms with Gasteiger partial charge >= 0.3 is 5.97 Å². The van der Waals surface area contributed by atoms with Gasteiger partial charge in [0, 0.05) is 11.8 Å². The Morgan fingerprint density at radius 2 is 2.46 bits per heavy atom. The number of carbonyl (C=O) groups excluding carboxylic acids is 1. The van der Waals surface area contributed by atoms with Gasteiger partial charge in [-0.1, -0.05) is 0 Å². The molecule has 1 atom stereocenters. The summed E-state index contributed by atoms with van der Waals surface area (Å²) in [5.74, 6) is -0.739. The number of hydrogen-bond acceptors (Lipinski definition) is 4. The minimum absolute atomic E-state index is 0.101. The maximum atomic E-state index is 11.2. The lowest BCUT2D eigenvalue weighted by Crippen LogP contribution is -2.29. The molecule has 1 amide bonds. The fourth-order valence-corrected chi connectivity index (χ4v) is 1.80. The molecule has 1 heterocycles. The molecule has 4 N–H and O–H groups in total. The maximum Gasteiger partial charge on any atom is 0.322 e. The lowest BCUT2D eigenvalue weighted by atomic mass is 10.3. The van der Waals surface area contributed by atoms with E-state index in [9.17, 15) is 9.59 Å². The lowest BCUT2D eigenvalue weighted by Gasteiger charge is -2.00. The van der Waals surface area contributed by atoms with Gasteiger partial charge in [-0.3, -0.25) is 9.59 Å². The number of nitrogens with one attached hydrogen (secondary N) is 1. The van der Waals surface area contributed by atoms with Crippen molar-refractivity contribution in [1.29, 1.82) is 0 Å². The van der Waals surface area contributed by atoms with Crippen LogP contribution in [0.4, 0.5) is 0 Å². The molecule has 13 heavy (non-hydrogen) atoms. The number of carboxylic acid groups (broad SMARTS) is 1. The van der Waals surface area contributed by atoms with Crippen molar-refractivity contribution in [2.24, 2.45) is 5.73 Å². The first-order valence-electron chi connectivity index (χ1n) is 3.70. The van der Waals surface area contributed by atoms with Crippen LogP contribution in [-0.4, -0.2) is 35.3 Å². The Morgan fingerprint density at radius 1 is 1.77 bits per heavy atom. The number of rotatable bonds is 3. The Hall–Kier alpha value is -1.01. The average molecular weight is 202 g/mol. The van der Waals surface area contributed by atoms with Crippen molar-refractivity contribution in [3.63, 3.8) is 0 Å². The third-order valence-electron chi connectivity index (χ3n) is 1.42. The van der Waals surface area contributed by atoms with Crippen LogP contribution in [0.5, 0.6) is 0 Å². The summed E-state index contributed by atoms with van der Waals surface area (Å²) >= 11 is 1.34. The summed E-state index contributed by atoms with van der Waals surface area (Å²) in [6, 6.07) is -0.101. The molecule has 0 spiro atoms. The van der Waals surface area contributed by atoms with Crippen LogP contribution in [0.1, 0.15) is 0 Å². The Bertz CT molecular complexity index is 264. The van der Waals surface area contributed by atoms with E-state index in [0.717, 1.165) is 0 Å². The predicted octanol–water partition coefficient (Wildman–Crippen LogP) is -0.855. The van der Waals surface area contributed by atoms with E-state index in [-0.39, 0.29) is 18.5 Å². The molecule has 6 heteroatoms. The molecule has 0 aromatic rings. The summed E-state index contributed by atoms with van der Waals surface area (Å²) in [6.45, 7) is -0.355. The summed E-state index contributed by atoms with van der Waals surface area (Å²) < 4.78 is 0. The van der Waals surface area contributed by atoms with E-state index in [2.05, 4.69) is 5.32 Å². The maximum absolute atomic E-state index is 11.2. The van der Waals surface area contributed by atoms with E-state index < -0.39 is 5.97 Å². The fourth-order valence-electron chi connectivity index (χ4n) is 0.861.